The molecular formula is C17H16N4. The van der Waals surface area contributed by atoms with Crippen LogP contribution >= 0.6 is 0 Å². The van der Waals surface area contributed by atoms with Crippen LogP contribution in [0.3, 0.4) is 0 Å². The summed E-state index contributed by atoms with van der Waals surface area (Å²) in [7, 11) is 0. The molecule has 1 atom stereocenters. The van der Waals surface area contributed by atoms with Gasteiger partial charge in [-0.05, 0) is 18.9 Å². The first kappa shape index (κ1) is 14.6. The van der Waals surface area contributed by atoms with E-state index in [4.69, 9.17) is 11.7 Å². The topological polar surface area (TPSA) is 52.8 Å². The molecule has 0 aliphatic rings. The van der Waals surface area contributed by atoms with Crippen molar-refractivity contribution in [2.24, 2.45) is 0 Å². The quantitative estimate of drug-likeness (QED) is 0.787. The maximum atomic E-state index is 8.94. The fourth-order valence-corrected chi connectivity index (χ4v) is 2.17. The highest BCUT2D eigenvalue weighted by Gasteiger charge is 2.16. The molecule has 2 rings (SSSR count). The average Bonchev–Trinajstić information content (AvgIpc) is 2.53. The summed E-state index contributed by atoms with van der Waals surface area (Å²) < 4.78 is 0. The van der Waals surface area contributed by atoms with Crippen molar-refractivity contribution in [1.82, 2.24) is 9.97 Å². The van der Waals surface area contributed by atoms with Crippen molar-refractivity contribution in [2.45, 2.75) is 19.4 Å². The third kappa shape index (κ3) is 3.81. The molecule has 0 N–H and O–H groups in total. The van der Waals surface area contributed by atoms with Gasteiger partial charge in [-0.1, -0.05) is 36.3 Å². The molecule has 0 spiro atoms. The van der Waals surface area contributed by atoms with Gasteiger partial charge in [0.25, 0.3) is 0 Å². The van der Waals surface area contributed by atoms with E-state index in [1.165, 1.54) is 11.8 Å². The molecular weight excluding hydrogens is 260 g/mol. The molecule has 4 nitrogen and oxygen atoms in total. The van der Waals surface area contributed by atoms with Crippen molar-refractivity contribution in [3.05, 3.63) is 54.0 Å². The summed E-state index contributed by atoms with van der Waals surface area (Å²) >= 11 is 0. The molecule has 1 heterocycles. The molecule has 0 aliphatic carbocycles. The summed E-state index contributed by atoms with van der Waals surface area (Å²) in [6.45, 7) is 2.52. The Kier molecular flexibility index (Phi) is 4.90. The Morgan fingerprint density at radius 3 is 2.71 bits per heavy atom. The summed E-state index contributed by atoms with van der Waals surface area (Å²) in [5, 5.41) is 8.94. The van der Waals surface area contributed by atoms with Crippen molar-refractivity contribution >= 4 is 5.82 Å². The number of hydrogen-bond donors (Lipinski definition) is 0. The first-order valence-corrected chi connectivity index (χ1v) is 6.70. The van der Waals surface area contributed by atoms with Crippen molar-refractivity contribution in [3.63, 3.8) is 0 Å². The van der Waals surface area contributed by atoms with Crippen molar-refractivity contribution in [2.75, 3.05) is 11.4 Å². The molecule has 104 valence electrons. The number of rotatable bonds is 5. The van der Waals surface area contributed by atoms with Crippen LogP contribution in [0.25, 0.3) is 0 Å². The molecule has 0 saturated heterocycles. The van der Waals surface area contributed by atoms with Crippen LogP contribution in [0.5, 0.6) is 0 Å². The van der Waals surface area contributed by atoms with Crippen LogP contribution in [0.15, 0.2) is 42.7 Å². The first-order valence-electron chi connectivity index (χ1n) is 6.70. The molecule has 1 aromatic heterocycles. The van der Waals surface area contributed by atoms with Gasteiger partial charge < -0.3 is 4.90 Å². The smallest absolute Gasteiger partial charge is 0.161 e. The second-order valence-corrected chi connectivity index (χ2v) is 4.75. The molecule has 0 bridgehead atoms. The number of aromatic nitrogens is 2. The van der Waals surface area contributed by atoms with Gasteiger partial charge in [0.15, 0.2) is 5.69 Å². The monoisotopic (exact) mass is 276 g/mol. The Morgan fingerprint density at radius 2 is 2.05 bits per heavy atom. The highest BCUT2D eigenvalue weighted by atomic mass is 15.2. The van der Waals surface area contributed by atoms with Crippen LogP contribution < -0.4 is 4.90 Å². The lowest BCUT2D eigenvalue weighted by Gasteiger charge is -2.28. The van der Waals surface area contributed by atoms with Gasteiger partial charge >= 0.3 is 0 Å². The second-order valence-electron chi connectivity index (χ2n) is 4.75. The molecule has 0 fully saturated rings. The lowest BCUT2D eigenvalue weighted by atomic mass is 10.1. The second kappa shape index (κ2) is 7.07. The number of terminal acetylenes is 1. The average molecular weight is 276 g/mol. The number of hydrogen-bond acceptors (Lipinski definition) is 4. The standard InChI is InChI=1S/C17H16N4/c1-3-9-21(17-13-19-12-16(11-18)20-17)14(2)10-15-7-5-4-6-8-15/h1,4-8,12-14H,9-10H2,2H3. The third-order valence-corrected chi connectivity index (χ3v) is 3.20. The summed E-state index contributed by atoms with van der Waals surface area (Å²) in [6, 6.07) is 12.4. The van der Waals surface area contributed by atoms with Gasteiger partial charge in [0.05, 0.1) is 18.9 Å². The Hall–Kier alpha value is -2.85. The summed E-state index contributed by atoms with van der Waals surface area (Å²) in [5.41, 5.74) is 1.53. The van der Waals surface area contributed by atoms with E-state index >= 15 is 0 Å². The van der Waals surface area contributed by atoms with Crippen LogP contribution in [0.4, 0.5) is 5.82 Å². The Labute approximate surface area is 125 Å². The summed E-state index contributed by atoms with van der Waals surface area (Å²) in [5.74, 6) is 3.28. The van der Waals surface area contributed by atoms with E-state index in [2.05, 4.69) is 34.9 Å². The van der Waals surface area contributed by atoms with Gasteiger partial charge in [0.1, 0.15) is 11.9 Å². The van der Waals surface area contributed by atoms with Gasteiger partial charge in [-0.15, -0.1) is 6.42 Å². The number of anilines is 1. The third-order valence-electron chi connectivity index (χ3n) is 3.20. The van der Waals surface area contributed by atoms with E-state index in [1.54, 1.807) is 6.20 Å². The number of benzene rings is 1. The molecule has 0 aliphatic heterocycles. The fourth-order valence-electron chi connectivity index (χ4n) is 2.17. The zero-order chi connectivity index (χ0) is 15.1. The van der Waals surface area contributed by atoms with Crippen LogP contribution in [0.2, 0.25) is 0 Å². The van der Waals surface area contributed by atoms with Crippen molar-refractivity contribution in [1.29, 1.82) is 5.26 Å². The maximum absolute atomic E-state index is 8.94. The largest absolute Gasteiger partial charge is 0.341 e. The normalized spacial score (nSPS) is 11.2. The molecule has 21 heavy (non-hydrogen) atoms. The van der Waals surface area contributed by atoms with E-state index in [9.17, 15) is 0 Å². The summed E-state index contributed by atoms with van der Waals surface area (Å²) in [6.07, 6.45) is 9.39. The number of nitrogens with zero attached hydrogens (tertiary/aromatic N) is 4. The Balaban J connectivity index is 2.22. The Morgan fingerprint density at radius 1 is 1.29 bits per heavy atom. The Bertz CT molecular complexity index is 667. The minimum Gasteiger partial charge on any atom is -0.341 e. The number of nitriles is 1. The predicted molar refractivity (Wildman–Crippen MR) is 82.5 cm³/mol. The zero-order valence-electron chi connectivity index (χ0n) is 11.9. The molecule has 0 saturated carbocycles. The highest BCUT2D eigenvalue weighted by Crippen LogP contribution is 2.16. The highest BCUT2D eigenvalue weighted by molar-refractivity contribution is 5.41. The van der Waals surface area contributed by atoms with E-state index in [0.29, 0.717) is 18.1 Å². The lowest BCUT2D eigenvalue weighted by molar-refractivity contribution is 0.653. The molecule has 0 amide bonds. The zero-order valence-corrected chi connectivity index (χ0v) is 11.9. The molecule has 2 aromatic rings. The molecule has 0 radical (unpaired) electrons. The van der Waals surface area contributed by atoms with E-state index < -0.39 is 0 Å². The van der Waals surface area contributed by atoms with Crippen molar-refractivity contribution < 1.29 is 0 Å². The van der Waals surface area contributed by atoms with E-state index in [1.807, 2.05) is 29.2 Å². The SMILES string of the molecule is C#CCN(c1cncc(C#N)n1)C(C)Cc1ccccc1. The molecule has 4 heteroatoms. The minimum atomic E-state index is 0.159. The maximum Gasteiger partial charge on any atom is 0.161 e. The van der Waals surface area contributed by atoms with Gasteiger partial charge in [0, 0.05) is 6.04 Å². The lowest BCUT2D eigenvalue weighted by Crippen LogP contribution is -2.36. The van der Waals surface area contributed by atoms with Crippen molar-refractivity contribution in [3.8, 4) is 18.4 Å². The minimum absolute atomic E-state index is 0.159. The van der Waals surface area contributed by atoms with E-state index in [0.717, 1.165) is 6.42 Å². The summed E-state index contributed by atoms with van der Waals surface area (Å²) in [4.78, 5) is 10.3. The first-order chi connectivity index (χ1) is 10.2. The van der Waals surface area contributed by atoms with Crippen LogP contribution in [-0.4, -0.2) is 22.6 Å². The van der Waals surface area contributed by atoms with Crippen LogP contribution in [0.1, 0.15) is 18.2 Å². The van der Waals surface area contributed by atoms with Gasteiger partial charge in [-0.25, -0.2) is 4.98 Å². The predicted octanol–water partition coefficient (Wildman–Crippen LogP) is 2.42. The molecule has 1 aromatic carbocycles. The van der Waals surface area contributed by atoms with E-state index in [-0.39, 0.29) is 6.04 Å². The van der Waals surface area contributed by atoms with Crippen LogP contribution in [-0.2, 0) is 6.42 Å². The fraction of sp³-hybridized carbons (Fsp3) is 0.235. The van der Waals surface area contributed by atoms with Crippen LogP contribution in [0, 0.1) is 23.7 Å². The van der Waals surface area contributed by atoms with Gasteiger partial charge in [-0.3, -0.25) is 4.98 Å². The molecule has 1 unspecified atom stereocenters. The van der Waals surface area contributed by atoms with Gasteiger partial charge in [-0.2, -0.15) is 5.26 Å². The van der Waals surface area contributed by atoms with Gasteiger partial charge in [0.2, 0.25) is 0 Å².